The molecular formula is C13H17BrN4. The Morgan fingerprint density at radius 3 is 2.72 bits per heavy atom. The first-order chi connectivity index (χ1) is 8.70. The third kappa shape index (κ3) is 2.58. The fourth-order valence-corrected chi connectivity index (χ4v) is 2.68. The number of rotatable bonds is 2. The summed E-state index contributed by atoms with van der Waals surface area (Å²) >= 11 is 3.48. The van der Waals surface area contributed by atoms with Gasteiger partial charge < -0.3 is 9.30 Å². The average molecular weight is 309 g/mol. The second-order valence-corrected chi connectivity index (χ2v) is 5.84. The molecule has 0 aromatic carbocycles. The van der Waals surface area contributed by atoms with Gasteiger partial charge in [-0.25, -0.2) is 4.98 Å². The lowest BCUT2D eigenvalue weighted by atomic mass is 10.3. The van der Waals surface area contributed by atoms with Gasteiger partial charge in [0.15, 0.2) is 0 Å². The normalized spacial score (nSPS) is 18.6. The Hall–Kier alpha value is -0.910. The molecule has 0 bridgehead atoms. The fraction of sp³-hybridized carbons (Fsp3) is 0.462. The predicted molar refractivity (Wildman–Crippen MR) is 75.7 cm³/mol. The van der Waals surface area contributed by atoms with Crippen molar-refractivity contribution in [3.63, 3.8) is 0 Å². The Bertz CT molecular complexity index is 543. The minimum Gasteiger partial charge on any atom is -0.306 e. The molecule has 3 rings (SSSR count). The molecule has 1 aliphatic heterocycles. The molecule has 96 valence electrons. The van der Waals surface area contributed by atoms with Crippen LogP contribution in [0, 0.1) is 0 Å². The van der Waals surface area contributed by atoms with Crippen LogP contribution in [-0.2, 0) is 6.54 Å². The molecule has 4 nitrogen and oxygen atoms in total. The number of pyridine rings is 1. The molecule has 0 atom stereocenters. The van der Waals surface area contributed by atoms with E-state index in [1.807, 2.05) is 12.1 Å². The quantitative estimate of drug-likeness (QED) is 0.846. The number of halogens is 1. The summed E-state index contributed by atoms with van der Waals surface area (Å²) in [6.07, 6.45) is 4.17. The van der Waals surface area contributed by atoms with Crippen LogP contribution in [0.4, 0.5) is 0 Å². The van der Waals surface area contributed by atoms with Crippen LogP contribution in [0.25, 0.3) is 5.65 Å². The molecule has 0 N–H and O–H groups in total. The van der Waals surface area contributed by atoms with Crippen molar-refractivity contribution in [2.45, 2.75) is 6.54 Å². The summed E-state index contributed by atoms with van der Waals surface area (Å²) in [7, 11) is 2.18. The first-order valence-electron chi connectivity index (χ1n) is 6.25. The zero-order valence-corrected chi connectivity index (χ0v) is 12.1. The van der Waals surface area contributed by atoms with Crippen LogP contribution in [0.15, 0.2) is 29.0 Å². The van der Waals surface area contributed by atoms with Crippen molar-refractivity contribution in [2.75, 3.05) is 33.2 Å². The van der Waals surface area contributed by atoms with E-state index in [0.29, 0.717) is 0 Å². The van der Waals surface area contributed by atoms with E-state index in [-0.39, 0.29) is 0 Å². The van der Waals surface area contributed by atoms with Gasteiger partial charge in [-0.2, -0.15) is 0 Å². The predicted octanol–water partition coefficient (Wildman–Crippen LogP) is 1.84. The highest BCUT2D eigenvalue weighted by Gasteiger charge is 2.15. The monoisotopic (exact) mass is 308 g/mol. The van der Waals surface area contributed by atoms with E-state index < -0.39 is 0 Å². The second kappa shape index (κ2) is 4.99. The highest BCUT2D eigenvalue weighted by molar-refractivity contribution is 9.10. The van der Waals surface area contributed by atoms with E-state index in [4.69, 9.17) is 0 Å². The Balaban J connectivity index is 1.74. The Morgan fingerprint density at radius 2 is 1.94 bits per heavy atom. The number of likely N-dealkylation sites (N-methyl/N-ethyl adjacent to an activating group) is 1. The summed E-state index contributed by atoms with van der Waals surface area (Å²) in [4.78, 5) is 9.50. The summed E-state index contributed by atoms with van der Waals surface area (Å²) in [5.41, 5.74) is 2.17. The van der Waals surface area contributed by atoms with Crippen molar-refractivity contribution in [1.82, 2.24) is 19.2 Å². The van der Waals surface area contributed by atoms with Crippen LogP contribution in [0.3, 0.4) is 0 Å². The van der Waals surface area contributed by atoms with E-state index in [9.17, 15) is 0 Å². The molecule has 3 heterocycles. The lowest BCUT2D eigenvalue weighted by molar-refractivity contribution is 0.147. The van der Waals surface area contributed by atoms with E-state index in [2.05, 4.69) is 54.6 Å². The summed E-state index contributed by atoms with van der Waals surface area (Å²) < 4.78 is 3.16. The maximum absolute atomic E-state index is 4.65. The van der Waals surface area contributed by atoms with Crippen molar-refractivity contribution in [2.24, 2.45) is 0 Å². The number of piperazine rings is 1. The van der Waals surface area contributed by atoms with Gasteiger partial charge in [-0.05, 0) is 35.1 Å². The number of hydrogen-bond acceptors (Lipinski definition) is 3. The van der Waals surface area contributed by atoms with Crippen LogP contribution >= 0.6 is 15.9 Å². The van der Waals surface area contributed by atoms with E-state index in [1.165, 1.54) is 0 Å². The molecule has 0 unspecified atom stereocenters. The second-order valence-electron chi connectivity index (χ2n) is 4.92. The van der Waals surface area contributed by atoms with Crippen LogP contribution in [0.2, 0.25) is 0 Å². The first-order valence-corrected chi connectivity index (χ1v) is 7.04. The fourth-order valence-electron chi connectivity index (χ4n) is 2.33. The third-order valence-corrected chi connectivity index (χ3v) is 3.92. The summed E-state index contributed by atoms with van der Waals surface area (Å²) in [5.74, 6) is 0. The van der Waals surface area contributed by atoms with Crippen LogP contribution in [-0.4, -0.2) is 52.4 Å². The highest BCUT2D eigenvalue weighted by Crippen LogP contribution is 2.14. The summed E-state index contributed by atoms with van der Waals surface area (Å²) in [6, 6.07) is 4.07. The van der Waals surface area contributed by atoms with Crippen molar-refractivity contribution >= 4 is 21.6 Å². The molecule has 0 radical (unpaired) electrons. The lowest BCUT2D eigenvalue weighted by Crippen LogP contribution is -2.43. The van der Waals surface area contributed by atoms with Gasteiger partial charge in [-0.3, -0.25) is 4.90 Å². The minimum absolute atomic E-state index is 0.952. The van der Waals surface area contributed by atoms with Crippen molar-refractivity contribution < 1.29 is 0 Å². The van der Waals surface area contributed by atoms with E-state index in [1.54, 1.807) is 0 Å². The van der Waals surface area contributed by atoms with Crippen molar-refractivity contribution in [3.05, 3.63) is 34.7 Å². The maximum Gasteiger partial charge on any atom is 0.137 e. The van der Waals surface area contributed by atoms with Gasteiger partial charge in [0.1, 0.15) is 5.65 Å². The maximum atomic E-state index is 4.65. The van der Waals surface area contributed by atoms with Gasteiger partial charge in [0, 0.05) is 49.6 Å². The van der Waals surface area contributed by atoms with Gasteiger partial charge in [-0.15, -0.1) is 0 Å². The van der Waals surface area contributed by atoms with E-state index in [0.717, 1.165) is 48.5 Å². The smallest absolute Gasteiger partial charge is 0.137 e. The SMILES string of the molecule is CN1CCN(Cc2cn3cc(Br)ccc3n2)CC1. The number of nitrogens with zero attached hydrogens (tertiary/aromatic N) is 4. The number of aromatic nitrogens is 2. The average Bonchev–Trinajstić information content (AvgIpc) is 2.73. The number of hydrogen-bond donors (Lipinski definition) is 0. The molecule has 0 saturated carbocycles. The minimum atomic E-state index is 0.952. The molecule has 1 fully saturated rings. The summed E-state index contributed by atoms with van der Waals surface area (Å²) in [5, 5.41) is 0. The van der Waals surface area contributed by atoms with Gasteiger partial charge in [0.05, 0.1) is 5.69 Å². The zero-order valence-electron chi connectivity index (χ0n) is 10.5. The molecule has 18 heavy (non-hydrogen) atoms. The first kappa shape index (κ1) is 12.1. The Kier molecular flexibility index (Phi) is 3.37. The third-order valence-electron chi connectivity index (χ3n) is 3.45. The topological polar surface area (TPSA) is 23.8 Å². The highest BCUT2D eigenvalue weighted by atomic mass is 79.9. The summed E-state index contributed by atoms with van der Waals surface area (Å²) in [6.45, 7) is 5.52. The molecule has 5 heteroatoms. The van der Waals surface area contributed by atoms with E-state index >= 15 is 0 Å². The van der Waals surface area contributed by atoms with Crippen LogP contribution in [0.5, 0.6) is 0 Å². The van der Waals surface area contributed by atoms with Crippen molar-refractivity contribution in [1.29, 1.82) is 0 Å². The molecule has 1 saturated heterocycles. The van der Waals surface area contributed by atoms with Gasteiger partial charge in [0.25, 0.3) is 0 Å². The molecule has 2 aromatic rings. The van der Waals surface area contributed by atoms with Gasteiger partial charge in [0.2, 0.25) is 0 Å². The van der Waals surface area contributed by atoms with Gasteiger partial charge in [-0.1, -0.05) is 0 Å². The van der Waals surface area contributed by atoms with Crippen LogP contribution < -0.4 is 0 Å². The number of fused-ring (bicyclic) bond motifs is 1. The number of imidazole rings is 1. The molecule has 0 spiro atoms. The van der Waals surface area contributed by atoms with Crippen LogP contribution in [0.1, 0.15) is 5.69 Å². The molecule has 1 aliphatic rings. The molecule has 0 aliphatic carbocycles. The lowest BCUT2D eigenvalue weighted by Gasteiger charge is -2.31. The van der Waals surface area contributed by atoms with Crippen molar-refractivity contribution in [3.8, 4) is 0 Å². The van der Waals surface area contributed by atoms with Gasteiger partial charge >= 0.3 is 0 Å². The zero-order chi connectivity index (χ0) is 12.5. The molecular weight excluding hydrogens is 292 g/mol. The molecule has 0 amide bonds. The Morgan fingerprint density at radius 1 is 1.17 bits per heavy atom. The largest absolute Gasteiger partial charge is 0.306 e. The molecule has 2 aromatic heterocycles. The Labute approximate surface area is 115 Å². The standard InChI is InChI=1S/C13H17BrN4/c1-16-4-6-17(7-5-16)9-12-10-18-8-11(14)2-3-13(18)15-12/h2-3,8,10H,4-7,9H2,1H3.